The van der Waals surface area contributed by atoms with E-state index >= 15 is 0 Å². The molecule has 0 saturated carbocycles. The number of benzene rings is 2. The van der Waals surface area contributed by atoms with Crippen molar-refractivity contribution in [3.05, 3.63) is 59.1 Å². The van der Waals surface area contributed by atoms with Gasteiger partial charge in [0.15, 0.2) is 0 Å². The predicted octanol–water partition coefficient (Wildman–Crippen LogP) is 3.88. The normalized spacial score (nSPS) is 17.5. The number of halogens is 1. The van der Waals surface area contributed by atoms with Crippen molar-refractivity contribution in [1.82, 2.24) is 15.2 Å². The highest BCUT2D eigenvalue weighted by Gasteiger charge is 2.26. The van der Waals surface area contributed by atoms with Crippen molar-refractivity contribution in [2.75, 3.05) is 20.2 Å². The first kappa shape index (κ1) is 18.7. The Morgan fingerprint density at radius 1 is 1.21 bits per heavy atom. The van der Waals surface area contributed by atoms with Crippen molar-refractivity contribution in [2.24, 2.45) is 0 Å². The number of nitrogens with zero attached hydrogens (tertiary/aromatic N) is 2. The topological polar surface area (TPSA) is 54.5 Å². The first-order chi connectivity index (χ1) is 13.5. The third-order valence-corrected chi connectivity index (χ3v) is 5.47. The number of hydrogen-bond donors (Lipinski definition) is 1. The second-order valence-electron chi connectivity index (χ2n) is 7.00. The number of nitrogens with one attached hydrogen (secondary N) is 1. The van der Waals surface area contributed by atoms with Crippen LogP contribution in [0.5, 0.6) is 5.75 Å². The number of amides is 1. The highest BCUT2D eigenvalue weighted by Crippen LogP contribution is 2.30. The maximum atomic E-state index is 12.1. The minimum Gasteiger partial charge on any atom is -0.497 e. The molecule has 1 atom stereocenters. The summed E-state index contributed by atoms with van der Waals surface area (Å²) in [7, 11) is 1.65. The van der Waals surface area contributed by atoms with Gasteiger partial charge in [-0.25, -0.2) is 4.98 Å². The number of carbonyl (C=O) groups excluding carboxylic acids is 1. The van der Waals surface area contributed by atoms with Crippen LogP contribution in [0, 0.1) is 0 Å². The molecule has 0 spiro atoms. The Hall–Kier alpha value is -2.63. The molecule has 1 amide bonds. The van der Waals surface area contributed by atoms with Gasteiger partial charge >= 0.3 is 0 Å². The lowest BCUT2D eigenvalue weighted by atomic mass is 10.0. The van der Waals surface area contributed by atoms with Crippen LogP contribution in [-0.2, 0) is 11.3 Å². The molecule has 2 aromatic carbocycles. The summed E-state index contributed by atoms with van der Waals surface area (Å²) in [6.07, 6.45) is 0. The number of aromatic nitrogens is 1. The van der Waals surface area contributed by atoms with E-state index in [0.29, 0.717) is 18.1 Å². The highest BCUT2D eigenvalue weighted by molar-refractivity contribution is 6.30. The summed E-state index contributed by atoms with van der Waals surface area (Å²) in [4.78, 5) is 19.2. The summed E-state index contributed by atoms with van der Waals surface area (Å²) < 4.78 is 5.35. The minimum absolute atomic E-state index is 0.0674. The molecule has 0 aliphatic carbocycles. The number of methoxy groups -OCH3 is 1. The fourth-order valence-electron chi connectivity index (χ4n) is 3.56. The fraction of sp³-hybridized carbons (Fsp3) is 0.273. The third-order valence-electron chi connectivity index (χ3n) is 5.22. The maximum Gasteiger partial charge on any atom is 0.237 e. The van der Waals surface area contributed by atoms with Gasteiger partial charge in [0, 0.05) is 41.7 Å². The lowest BCUT2D eigenvalue weighted by molar-refractivity contribution is -0.128. The van der Waals surface area contributed by atoms with E-state index in [4.69, 9.17) is 21.3 Å². The Labute approximate surface area is 169 Å². The lowest BCUT2D eigenvalue weighted by Crippen LogP contribution is -2.53. The van der Waals surface area contributed by atoms with Gasteiger partial charge in [0.05, 0.1) is 24.4 Å². The third kappa shape index (κ3) is 3.68. The quantitative estimate of drug-likeness (QED) is 0.728. The average molecular weight is 396 g/mol. The van der Waals surface area contributed by atoms with Crippen LogP contribution in [-0.4, -0.2) is 42.0 Å². The van der Waals surface area contributed by atoms with Crippen LogP contribution < -0.4 is 10.1 Å². The standard InChI is InChI=1S/C22H22ClN3O2/c1-14-22(27)24-9-10-26(14)13-17-11-16-5-8-19(28-2)12-20(16)25-21(17)15-3-6-18(23)7-4-15/h3-8,11-12,14H,9-10,13H2,1-2H3,(H,24,27)/t14-/m0/s1. The number of rotatable bonds is 4. The second kappa shape index (κ2) is 7.78. The molecule has 1 aliphatic rings. The van der Waals surface area contributed by atoms with Crippen molar-refractivity contribution < 1.29 is 9.53 Å². The Morgan fingerprint density at radius 2 is 2.00 bits per heavy atom. The van der Waals surface area contributed by atoms with E-state index in [-0.39, 0.29) is 11.9 Å². The number of fused-ring (bicyclic) bond motifs is 1. The molecule has 6 heteroatoms. The first-order valence-corrected chi connectivity index (χ1v) is 9.68. The largest absolute Gasteiger partial charge is 0.497 e. The molecule has 1 saturated heterocycles. The van der Waals surface area contributed by atoms with Crippen molar-refractivity contribution in [1.29, 1.82) is 0 Å². The monoisotopic (exact) mass is 395 g/mol. The van der Waals surface area contributed by atoms with Crippen LogP contribution >= 0.6 is 11.6 Å². The predicted molar refractivity (Wildman–Crippen MR) is 112 cm³/mol. The molecule has 0 unspecified atom stereocenters. The Bertz CT molecular complexity index is 1020. The zero-order chi connectivity index (χ0) is 19.7. The summed E-state index contributed by atoms with van der Waals surface area (Å²) in [5, 5.41) is 4.65. The smallest absolute Gasteiger partial charge is 0.237 e. The molecule has 1 N–H and O–H groups in total. The fourth-order valence-corrected chi connectivity index (χ4v) is 3.69. The van der Waals surface area contributed by atoms with Gasteiger partial charge in [-0.2, -0.15) is 0 Å². The molecule has 4 rings (SSSR count). The number of pyridine rings is 1. The summed E-state index contributed by atoms with van der Waals surface area (Å²) in [6, 6.07) is 15.6. The Kier molecular flexibility index (Phi) is 5.20. The van der Waals surface area contributed by atoms with E-state index in [1.54, 1.807) is 7.11 Å². The van der Waals surface area contributed by atoms with Gasteiger partial charge in [0.25, 0.3) is 0 Å². The van der Waals surface area contributed by atoms with Gasteiger partial charge in [0.1, 0.15) is 5.75 Å². The van der Waals surface area contributed by atoms with Crippen molar-refractivity contribution in [2.45, 2.75) is 19.5 Å². The zero-order valence-corrected chi connectivity index (χ0v) is 16.7. The van der Waals surface area contributed by atoms with Crippen LogP contribution in [0.2, 0.25) is 5.02 Å². The van der Waals surface area contributed by atoms with Crippen molar-refractivity contribution >= 4 is 28.4 Å². The Morgan fingerprint density at radius 3 is 2.75 bits per heavy atom. The van der Waals surface area contributed by atoms with Crippen LogP contribution in [0.25, 0.3) is 22.2 Å². The number of piperazine rings is 1. The van der Waals surface area contributed by atoms with Gasteiger partial charge in [-0.3, -0.25) is 9.69 Å². The van der Waals surface area contributed by atoms with E-state index in [0.717, 1.165) is 40.0 Å². The number of ether oxygens (including phenoxy) is 1. The summed E-state index contributed by atoms with van der Waals surface area (Å²) in [6.45, 7) is 4.07. The van der Waals surface area contributed by atoms with E-state index in [9.17, 15) is 4.79 Å². The molecule has 28 heavy (non-hydrogen) atoms. The molecule has 1 aliphatic heterocycles. The number of hydrogen-bond acceptors (Lipinski definition) is 4. The van der Waals surface area contributed by atoms with Crippen LogP contribution in [0.1, 0.15) is 12.5 Å². The van der Waals surface area contributed by atoms with Crippen LogP contribution in [0.15, 0.2) is 48.5 Å². The summed E-state index contributed by atoms with van der Waals surface area (Å²) in [5.41, 5.74) is 3.85. The lowest BCUT2D eigenvalue weighted by Gasteiger charge is -2.33. The van der Waals surface area contributed by atoms with E-state index < -0.39 is 0 Å². The average Bonchev–Trinajstić information content (AvgIpc) is 2.71. The van der Waals surface area contributed by atoms with E-state index in [1.165, 1.54) is 0 Å². The SMILES string of the molecule is COc1ccc2cc(CN3CCNC(=O)[C@@H]3C)c(-c3ccc(Cl)cc3)nc2c1. The maximum absolute atomic E-state index is 12.1. The number of carbonyl (C=O) groups is 1. The van der Waals surface area contributed by atoms with Crippen LogP contribution in [0.3, 0.4) is 0 Å². The van der Waals surface area contributed by atoms with Gasteiger partial charge < -0.3 is 10.1 Å². The van der Waals surface area contributed by atoms with Gasteiger partial charge in [0.2, 0.25) is 5.91 Å². The molecular weight excluding hydrogens is 374 g/mol. The van der Waals surface area contributed by atoms with Gasteiger partial charge in [-0.05, 0) is 42.8 Å². The highest BCUT2D eigenvalue weighted by atomic mass is 35.5. The molecular formula is C22H22ClN3O2. The minimum atomic E-state index is -0.168. The van der Waals surface area contributed by atoms with E-state index in [1.807, 2.05) is 49.4 Å². The molecule has 144 valence electrons. The molecule has 2 heterocycles. The van der Waals surface area contributed by atoms with Gasteiger partial charge in [-0.15, -0.1) is 0 Å². The molecule has 0 bridgehead atoms. The van der Waals surface area contributed by atoms with Gasteiger partial charge in [-0.1, -0.05) is 23.7 Å². The first-order valence-electron chi connectivity index (χ1n) is 9.30. The molecule has 1 fully saturated rings. The van der Waals surface area contributed by atoms with Crippen molar-refractivity contribution in [3.63, 3.8) is 0 Å². The summed E-state index contributed by atoms with van der Waals surface area (Å²) in [5.74, 6) is 0.842. The summed E-state index contributed by atoms with van der Waals surface area (Å²) >= 11 is 6.07. The molecule has 3 aromatic rings. The molecule has 5 nitrogen and oxygen atoms in total. The molecule has 0 radical (unpaired) electrons. The van der Waals surface area contributed by atoms with Crippen molar-refractivity contribution in [3.8, 4) is 17.0 Å². The Balaban J connectivity index is 1.81. The second-order valence-corrected chi connectivity index (χ2v) is 7.44. The van der Waals surface area contributed by atoms with E-state index in [2.05, 4.69) is 16.3 Å². The molecule has 1 aromatic heterocycles. The van der Waals surface area contributed by atoms with Crippen LogP contribution in [0.4, 0.5) is 0 Å². The zero-order valence-electron chi connectivity index (χ0n) is 15.9.